The highest BCUT2D eigenvalue weighted by Gasteiger charge is 2.38. The summed E-state index contributed by atoms with van der Waals surface area (Å²) in [6.45, 7) is 1.51. The number of amides is 1. The zero-order valence-corrected chi connectivity index (χ0v) is 12.7. The first-order valence-electron chi connectivity index (χ1n) is 6.12. The molecule has 5 nitrogen and oxygen atoms in total. The smallest absolute Gasteiger partial charge is 0.262 e. The molecular weight excluding hydrogens is 295 g/mol. The largest absolute Gasteiger partial charge is 0.486 e. The van der Waals surface area contributed by atoms with Crippen LogP contribution in [0.1, 0.15) is 12.5 Å². The number of rotatable bonds is 5. The molecule has 1 aromatic heterocycles. The van der Waals surface area contributed by atoms with Gasteiger partial charge in [-0.2, -0.15) is 0 Å². The predicted octanol–water partition coefficient (Wildman–Crippen LogP) is 2.79. The van der Waals surface area contributed by atoms with E-state index in [1.54, 1.807) is 12.1 Å². The fraction of sp³-hybridized carbons (Fsp3) is 0.286. The molecule has 0 unspecified atom stereocenters. The van der Waals surface area contributed by atoms with Gasteiger partial charge in [0.05, 0.1) is 13.3 Å². The number of thiazole rings is 1. The highest BCUT2D eigenvalue weighted by atomic mass is 32.1. The molecular formula is C14H15FN2O3S. The second kappa shape index (κ2) is 6.19. The Morgan fingerprint density at radius 3 is 2.67 bits per heavy atom. The van der Waals surface area contributed by atoms with Gasteiger partial charge in [-0.15, -0.1) is 0 Å². The average Bonchev–Trinajstić information content (AvgIpc) is 2.94. The normalized spacial score (nSPS) is 13.5. The summed E-state index contributed by atoms with van der Waals surface area (Å²) in [5, 5.41) is 3.53. The molecule has 0 aliphatic carbocycles. The molecule has 0 saturated carbocycles. The van der Waals surface area contributed by atoms with Crippen LogP contribution in [0.4, 0.5) is 9.52 Å². The minimum atomic E-state index is -1.45. The minimum absolute atomic E-state index is 0.161. The van der Waals surface area contributed by atoms with Gasteiger partial charge in [0, 0.05) is 12.7 Å². The molecule has 0 radical (unpaired) electrons. The number of nitrogens with zero attached hydrogens (tertiary/aromatic N) is 1. The maximum atomic E-state index is 13.9. The molecule has 21 heavy (non-hydrogen) atoms. The molecule has 0 aliphatic heterocycles. The molecule has 1 heterocycles. The van der Waals surface area contributed by atoms with E-state index in [2.05, 4.69) is 10.3 Å². The van der Waals surface area contributed by atoms with E-state index in [1.807, 2.05) is 0 Å². The van der Waals surface area contributed by atoms with Crippen molar-refractivity contribution in [1.29, 1.82) is 0 Å². The number of carbonyl (C=O) groups is 1. The SMILES string of the molecule is COc1cnc(NC(=O)[C@@](C)(OC)c2ccccc2F)s1. The molecule has 112 valence electrons. The minimum Gasteiger partial charge on any atom is -0.486 e. The van der Waals surface area contributed by atoms with Crippen LogP contribution in [0.25, 0.3) is 0 Å². The predicted molar refractivity (Wildman–Crippen MR) is 78.1 cm³/mol. The van der Waals surface area contributed by atoms with Gasteiger partial charge in [0.2, 0.25) is 0 Å². The van der Waals surface area contributed by atoms with Crippen LogP contribution < -0.4 is 10.1 Å². The average molecular weight is 310 g/mol. The van der Waals surface area contributed by atoms with Gasteiger partial charge >= 0.3 is 0 Å². The molecule has 2 rings (SSSR count). The van der Waals surface area contributed by atoms with E-state index in [0.717, 1.165) is 0 Å². The summed E-state index contributed by atoms with van der Waals surface area (Å²) in [7, 11) is 2.87. The fourth-order valence-corrected chi connectivity index (χ4v) is 2.43. The van der Waals surface area contributed by atoms with Crippen LogP contribution in [-0.2, 0) is 15.1 Å². The second-order valence-corrected chi connectivity index (χ2v) is 5.35. The standard InChI is InChI=1S/C14H15FN2O3S/c1-14(20-3,9-6-4-5-7-10(9)15)12(18)17-13-16-8-11(19-2)21-13/h4-8H,1-3H3,(H,16,17,18)/t14-/m0/s1. The number of ether oxygens (including phenoxy) is 2. The first-order chi connectivity index (χ1) is 10.0. The van der Waals surface area contributed by atoms with Crippen molar-refractivity contribution < 1.29 is 18.7 Å². The van der Waals surface area contributed by atoms with Crippen LogP contribution in [0, 0.1) is 5.82 Å². The molecule has 2 aromatic rings. The lowest BCUT2D eigenvalue weighted by Gasteiger charge is -2.27. The van der Waals surface area contributed by atoms with Gasteiger partial charge in [-0.05, 0) is 13.0 Å². The number of nitrogens with one attached hydrogen (secondary N) is 1. The first-order valence-corrected chi connectivity index (χ1v) is 6.94. The number of halogens is 1. The maximum absolute atomic E-state index is 13.9. The van der Waals surface area contributed by atoms with E-state index >= 15 is 0 Å². The van der Waals surface area contributed by atoms with Crippen LogP contribution in [0.15, 0.2) is 30.5 Å². The van der Waals surface area contributed by atoms with Crippen molar-refractivity contribution in [3.05, 3.63) is 41.8 Å². The molecule has 0 aliphatic rings. The Hall–Kier alpha value is -1.99. The van der Waals surface area contributed by atoms with E-state index in [-0.39, 0.29) is 5.56 Å². The number of benzene rings is 1. The van der Waals surface area contributed by atoms with Crippen molar-refractivity contribution in [2.75, 3.05) is 19.5 Å². The highest BCUT2D eigenvalue weighted by Crippen LogP contribution is 2.31. The Morgan fingerprint density at radius 1 is 1.38 bits per heavy atom. The van der Waals surface area contributed by atoms with E-state index in [4.69, 9.17) is 9.47 Å². The zero-order chi connectivity index (χ0) is 15.5. The Balaban J connectivity index is 2.27. The second-order valence-electron chi connectivity index (χ2n) is 4.36. The van der Waals surface area contributed by atoms with E-state index in [0.29, 0.717) is 10.2 Å². The number of aromatic nitrogens is 1. The monoisotopic (exact) mass is 310 g/mol. The van der Waals surface area contributed by atoms with E-state index in [9.17, 15) is 9.18 Å². The summed E-state index contributed by atoms with van der Waals surface area (Å²) in [5.41, 5.74) is -1.29. The molecule has 0 fully saturated rings. The van der Waals surface area contributed by atoms with Crippen molar-refractivity contribution in [3.63, 3.8) is 0 Å². The zero-order valence-electron chi connectivity index (χ0n) is 11.8. The van der Waals surface area contributed by atoms with Gasteiger partial charge in [0.15, 0.2) is 15.8 Å². The molecule has 1 aromatic carbocycles. The summed E-state index contributed by atoms with van der Waals surface area (Å²) in [6.07, 6.45) is 1.49. The Kier molecular flexibility index (Phi) is 4.54. The third-order valence-corrected chi connectivity index (χ3v) is 4.01. The summed E-state index contributed by atoms with van der Waals surface area (Å²) < 4.78 is 24.2. The Bertz CT molecular complexity index is 647. The maximum Gasteiger partial charge on any atom is 0.262 e. The number of methoxy groups -OCH3 is 2. The third-order valence-electron chi connectivity index (χ3n) is 3.14. The van der Waals surface area contributed by atoms with Crippen LogP contribution in [0.5, 0.6) is 5.06 Å². The molecule has 0 saturated heterocycles. The number of anilines is 1. The van der Waals surface area contributed by atoms with Crippen LogP contribution in [0.3, 0.4) is 0 Å². The molecule has 1 N–H and O–H groups in total. The summed E-state index contributed by atoms with van der Waals surface area (Å²) in [4.78, 5) is 16.4. The van der Waals surface area contributed by atoms with Crippen molar-refractivity contribution >= 4 is 22.4 Å². The van der Waals surface area contributed by atoms with Crippen LogP contribution >= 0.6 is 11.3 Å². The van der Waals surface area contributed by atoms with E-state index in [1.165, 1.54) is 50.8 Å². The third kappa shape index (κ3) is 3.03. The first kappa shape index (κ1) is 15.4. The highest BCUT2D eigenvalue weighted by molar-refractivity contribution is 7.17. The van der Waals surface area contributed by atoms with Gasteiger partial charge in [-0.3, -0.25) is 10.1 Å². The lowest BCUT2D eigenvalue weighted by molar-refractivity contribution is -0.137. The number of carbonyl (C=O) groups excluding carboxylic acids is 1. The lowest BCUT2D eigenvalue weighted by Crippen LogP contribution is -2.40. The summed E-state index contributed by atoms with van der Waals surface area (Å²) in [6, 6.07) is 6.00. The molecule has 0 spiro atoms. The van der Waals surface area contributed by atoms with Crippen LogP contribution in [0.2, 0.25) is 0 Å². The van der Waals surface area contributed by atoms with E-state index < -0.39 is 17.3 Å². The summed E-state index contributed by atoms with van der Waals surface area (Å²) in [5.74, 6) is -1.01. The quantitative estimate of drug-likeness (QED) is 0.922. The van der Waals surface area contributed by atoms with Gasteiger partial charge in [0.1, 0.15) is 5.82 Å². The van der Waals surface area contributed by atoms with Crippen molar-refractivity contribution in [2.45, 2.75) is 12.5 Å². The lowest BCUT2D eigenvalue weighted by atomic mass is 9.94. The van der Waals surface area contributed by atoms with Crippen molar-refractivity contribution in [3.8, 4) is 5.06 Å². The Morgan fingerprint density at radius 2 is 2.10 bits per heavy atom. The molecule has 1 amide bonds. The van der Waals surface area contributed by atoms with Crippen molar-refractivity contribution in [1.82, 2.24) is 4.98 Å². The van der Waals surface area contributed by atoms with Gasteiger partial charge < -0.3 is 9.47 Å². The number of hydrogen-bond acceptors (Lipinski definition) is 5. The summed E-state index contributed by atoms with van der Waals surface area (Å²) >= 11 is 1.17. The molecule has 1 atom stereocenters. The van der Waals surface area contributed by atoms with Crippen LogP contribution in [-0.4, -0.2) is 25.1 Å². The topological polar surface area (TPSA) is 60.5 Å². The Labute approximate surface area is 125 Å². The number of hydrogen-bond donors (Lipinski definition) is 1. The van der Waals surface area contributed by atoms with Gasteiger partial charge in [-0.25, -0.2) is 9.37 Å². The molecule has 0 bridgehead atoms. The van der Waals surface area contributed by atoms with Gasteiger partial charge in [-0.1, -0.05) is 29.5 Å². The van der Waals surface area contributed by atoms with Crippen molar-refractivity contribution in [2.24, 2.45) is 0 Å². The fourth-order valence-electron chi connectivity index (χ4n) is 1.80. The molecule has 7 heteroatoms. The van der Waals surface area contributed by atoms with Gasteiger partial charge in [0.25, 0.3) is 5.91 Å².